The van der Waals surface area contributed by atoms with Gasteiger partial charge in [0.2, 0.25) is 0 Å². The summed E-state index contributed by atoms with van der Waals surface area (Å²) >= 11 is 3.24. The summed E-state index contributed by atoms with van der Waals surface area (Å²) in [4.78, 5) is 28.1. The number of carbonyl (C=O) groups is 2. The number of hydrogen-bond acceptors (Lipinski definition) is 4. The lowest BCUT2D eigenvalue weighted by Crippen LogP contribution is -2.33. The summed E-state index contributed by atoms with van der Waals surface area (Å²) in [7, 11) is 0. The van der Waals surface area contributed by atoms with Crippen molar-refractivity contribution < 1.29 is 14.3 Å². The summed E-state index contributed by atoms with van der Waals surface area (Å²) in [5.74, 6) is -0.490. The number of ether oxygens (including phenoxy) is 1. The van der Waals surface area contributed by atoms with Gasteiger partial charge >= 0.3 is 5.97 Å². The zero-order chi connectivity index (χ0) is 18.2. The summed E-state index contributed by atoms with van der Waals surface area (Å²) in [6, 6.07) is 11.3. The third-order valence-electron chi connectivity index (χ3n) is 3.52. The summed E-state index contributed by atoms with van der Waals surface area (Å²) in [6.45, 7) is 3.87. The monoisotopic (exact) mass is 404 g/mol. The van der Waals surface area contributed by atoms with Crippen molar-refractivity contribution in [3.8, 4) is 0 Å². The molecule has 0 spiro atoms. The van der Waals surface area contributed by atoms with E-state index in [9.17, 15) is 9.59 Å². The Hall–Kier alpha value is -2.21. The molecule has 132 valence electrons. The van der Waals surface area contributed by atoms with Gasteiger partial charge in [0, 0.05) is 16.9 Å². The molecule has 1 N–H and O–H groups in total. The highest BCUT2D eigenvalue weighted by Gasteiger charge is 2.17. The van der Waals surface area contributed by atoms with Crippen LogP contribution in [0.2, 0.25) is 0 Å². The number of hydrogen-bond donors (Lipinski definition) is 1. The largest absolute Gasteiger partial charge is 0.452 e. The second-order valence-corrected chi connectivity index (χ2v) is 7.04. The van der Waals surface area contributed by atoms with Crippen molar-refractivity contribution in [1.82, 2.24) is 10.3 Å². The molecule has 0 radical (unpaired) electrons. The van der Waals surface area contributed by atoms with Crippen molar-refractivity contribution in [1.29, 1.82) is 0 Å². The number of nitrogens with one attached hydrogen (secondary N) is 1. The van der Waals surface area contributed by atoms with E-state index < -0.39 is 5.97 Å². The van der Waals surface area contributed by atoms with E-state index in [1.807, 2.05) is 30.3 Å². The first-order chi connectivity index (χ1) is 12.0. The predicted octanol–water partition coefficient (Wildman–Crippen LogP) is 3.90. The summed E-state index contributed by atoms with van der Waals surface area (Å²) in [5.41, 5.74) is 1.33. The van der Waals surface area contributed by atoms with Crippen LogP contribution in [0.4, 0.5) is 0 Å². The molecule has 1 aromatic heterocycles. The topological polar surface area (TPSA) is 68.3 Å². The molecular weight excluding hydrogens is 384 g/mol. The quantitative estimate of drug-likeness (QED) is 0.710. The molecule has 0 unspecified atom stereocenters. The highest BCUT2D eigenvalue weighted by molar-refractivity contribution is 9.10. The SMILES string of the molecule is CC(C)C[C@@H](NC(=O)COC(=O)c1cncc(Br)c1)c1ccccc1. The molecule has 1 atom stereocenters. The van der Waals surface area contributed by atoms with Gasteiger partial charge in [-0.15, -0.1) is 0 Å². The van der Waals surface area contributed by atoms with E-state index in [0.29, 0.717) is 16.0 Å². The van der Waals surface area contributed by atoms with Crippen LogP contribution in [0, 0.1) is 5.92 Å². The van der Waals surface area contributed by atoms with Crippen LogP contribution in [0.3, 0.4) is 0 Å². The maximum Gasteiger partial charge on any atom is 0.340 e. The van der Waals surface area contributed by atoms with Crippen LogP contribution in [0.5, 0.6) is 0 Å². The van der Waals surface area contributed by atoms with Gasteiger partial charge in [0.15, 0.2) is 6.61 Å². The fourth-order valence-corrected chi connectivity index (χ4v) is 2.77. The van der Waals surface area contributed by atoms with Crippen LogP contribution in [0.1, 0.15) is 42.2 Å². The molecule has 2 aromatic rings. The summed E-state index contributed by atoms with van der Waals surface area (Å²) in [5, 5.41) is 2.94. The van der Waals surface area contributed by atoms with Gasteiger partial charge in [-0.1, -0.05) is 44.2 Å². The van der Waals surface area contributed by atoms with Crippen molar-refractivity contribution in [2.24, 2.45) is 5.92 Å². The van der Waals surface area contributed by atoms with Gasteiger partial charge in [0.25, 0.3) is 5.91 Å². The van der Waals surface area contributed by atoms with Crippen LogP contribution in [-0.2, 0) is 9.53 Å². The lowest BCUT2D eigenvalue weighted by atomic mass is 9.97. The van der Waals surface area contributed by atoms with E-state index in [1.54, 1.807) is 12.3 Å². The molecule has 0 bridgehead atoms. The maximum atomic E-state index is 12.2. The Morgan fingerprint density at radius 1 is 1.20 bits per heavy atom. The highest BCUT2D eigenvalue weighted by Crippen LogP contribution is 2.21. The molecule has 0 saturated carbocycles. The predicted molar refractivity (Wildman–Crippen MR) is 99.0 cm³/mol. The maximum absolute atomic E-state index is 12.2. The third kappa shape index (κ3) is 6.31. The van der Waals surface area contributed by atoms with Gasteiger partial charge in [-0.25, -0.2) is 4.79 Å². The molecule has 0 aliphatic heterocycles. The van der Waals surface area contributed by atoms with Crippen LogP contribution >= 0.6 is 15.9 Å². The van der Waals surface area contributed by atoms with Crippen LogP contribution in [-0.4, -0.2) is 23.5 Å². The fraction of sp³-hybridized carbons (Fsp3) is 0.316. The first-order valence-electron chi connectivity index (χ1n) is 8.07. The minimum atomic E-state index is -0.580. The molecule has 6 heteroatoms. The standard InChI is InChI=1S/C19H21BrN2O3/c1-13(2)8-17(14-6-4-3-5-7-14)22-18(23)12-25-19(24)15-9-16(20)11-21-10-15/h3-7,9-11,13,17H,8,12H2,1-2H3,(H,22,23)/t17-/m1/s1. The van der Waals surface area contributed by atoms with E-state index >= 15 is 0 Å². The molecule has 0 aliphatic rings. The van der Waals surface area contributed by atoms with Crippen LogP contribution < -0.4 is 5.32 Å². The molecule has 2 rings (SSSR count). The van der Waals surface area contributed by atoms with Gasteiger partial charge in [-0.2, -0.15) is 0 Å². The number of aromatic nitrogens is 1. The van der Waals surface area contributed by atoms with Crippen molar-refractivity contribution in [3.63, 3.8) is 0 Å². The van der Waals surface area contributed by atoms with E-state index in [1.165, 1.54) is 6.20 Å². The Morgan fingerprint density at radius 2 is 1.92 bits per heavy atom. The number of nitrogens with zero attached hydrogens (tertiary/aromatic N) is 1. The molecule has 1 amide bonds. The Balaban J connectivity index is 1.93. The highest BCUT2D eigenvalue weighted by atomic mass is 79.9. The number of carbonyl (C=O) groups excluding carboxylic acids is 2. The minimum absolute atomic E-state index is 0.111. The summed E-state index contributed by atoms with van der Waals surface area (Å²) in [6.07, 6.45) is 3.77. The molecule has 0 saturated heterocycles. The van der Waals surface area contributed by atoms with E-state index in [4.69, 9.17) is 4.74 Å². The normalized spacial score (nSPS) is 11.8. The lowest BCUT2D eigenvalue weighted by molar-refractivity contribution is -0.125. The van der Waals surface area contributed by atoms with E-state index in [2.05, 4.69) is 40.1 Å². The number of esters is 1. The molecule has 0 aliphatic carbocycles. The molecule has 1 aromatic carbocycles. The number of amides is 1. The van der Waals surface area contributed by atoms with Crippen molar-refractivity contribution in [2.45, 2.75) is 26.3 Å². The van der Waals surface area contributed by atoms with Crippen molar-refractivity contribution in [3.05, 3.63) is 64.4 Å². The smallest absolute Gasteiger partial charge is 0.340 e. The first-order valence-corrected chi connectivity index (χ1v) is 8.87. The van der Waals surface area contributed by atoms with Crippen LogP contribution in [0.25, 0.3) is 0 Å². The van der Waals surface area contributed by atoms with Gasteiger partial charge in [-0.3, -0.25) is 9.78 Å². The first kappa shape index (κ1) is 19.1. The molecule has 1 heterocycles. The van der Waals surface area contributed by atoms with Gasteiger partial charge in [0.05, 0.1) is 11.6 Å². The molecule has 0 fully saturated rings. The number of benzene rings is 1. The third-order valence-corrected chi connectivity index (χ3v) is 3.95. The molecule has 5 nitrogen and oxygen atoms in total. The van der Waals surface area contributed by atoms with Gasteiger partial charge in [0.1, 0.15) is 0 Å². The van der Waals surface area contributed by atoms with Crippen molar-refractivity contribution in [2.75, 3.05) is 6.61 Å². The van der Waals surface area contributed by atoms with Gasteiger partial charge < -0.3 is 10.1 Å². The van der Waals surface area contributed by atoms with Gasteiger partial charge in [-0.05, 0) is 39.9 Å². The second-order valence-electron chi connectivity index (χ2n) is 6.13. The number of rotatable bonds is 7. The minimum Gasteiger partial charge on any atom is -0.452 e. The average Bonchev–Trinajstić information content (AvgIpc) is 2.59. The number of pyridine rings is 1. The van der Waals surface area contributed by atoms with Crippen LogP contribution in [0.15, 0.2) is 53.3 Å². The number of halogens is 1. The average molecular weight is 405 g/mol. The van der Waals surface area contributed by atoms with E-state index in [0.717, 1.165) is 12.0 Å². The lowest BCUT2D eigenvalue weighted by Gasteiger charge is -2.21. The zero-order valence-electron chi connectivity index (χ0n) is 14.2. The molecular formula is C19H21BrN2O3. The molecule has 25 heavy (non-hydrogen) atoms. The Bertz CT molecular complexity index is 720. The Labute approximate surface area is 155 Å². The second kappa shape index (κ2) is 9.32. The summed E-state index contributed by atoms with van der Waals surface area (Å²) < 4.78 is 5.75. The van der Waals surface area contributed by atoms with E-state index in [-0.39, 0.29) is 18.6 Å². The van der Waals surface area contributed by atoms with Crippen molar-refractivity contribution >= 4 is 27.8 Å². The zero-order valence-corrected chi connectivity index (χ0v) is 15.8. The Kier molecular flexibility index (Phi) is 7.13. The fourth-order valence-electron chi connectivity index (χ4n) is 2.41. The Morgan fingerprint density at radius 3 is 2.56 bits per heavy atom.